The third kappa shape index (κ3) is 4.86. The van der Waals surface area contributed by atoms with Crippen LogP contribution in [-0.4, -0.2) is 28.3 Å². The van der Waals surface area contributed by atoms with Crippen LogP contribution < -0.4 is 10.1 Å². The van der Waals surface area contributed by atoms with Gasteiger partial charge in [-0.25, -0.2) is 4.68 Å². The molecule has 0 spiro atoms. The van der Waals surface area contributed by atoms with E-state index in [1.165, 1.54) is 4.88 Å². The zero-order valence-electron chi connectivity index (χ0n) is 14.4. The van der Waals surface area contributed by atoms with Crippen molar-refractivity contribution < 1.29 is 9.53 Å². The zero-order chi connectivity index (χ0) is 18.4. The molecule has 7 heteroatoms. The lowest BCUT2D eigenvalue weighted by Gasteiger charge is -2.13. The van der Waals surface area contributed by atoms with Crippen LogP contribution >= 0.6 is 22.9 Å². The van der Waals surface area contributed by atoms with Crippen LogP contribution in [0, 0.1) is 0 Å². The van der Waals surface area contributed by atoms with E-state index in [9.17, 15) is 4.79 Å². The number of thiophene rings is 1. The highest BCUT2D eigenvalue weighted by atomic mass is 35.5. The van der Waals surface area contributed by atoms with E-state index in [4.69, 9.17) is 16.3 Å². The molecule has 0 aliphatic heterocycles. The number of benzene rings is 1. The Bertz CT molecular complexity index is 834. The van der Waals surface area contributed by atoms with Crippen LogP contribution in [0.1, 0.15) is 18.2 Å². The molecule has 0 aliphatic rings. The third-order valence-electron chi connectivity index (χ3n) is 3.80. The first-order chi connectivity index (χ1) is 12.6. The van der Waals surface area contributed by atoms with E-state index in [0.29, 0.717) is 11.6 Å². The molecule has 1 N–H and O–H groups in total. The van der Waals surface area contributed by atoms with Gasteiger partial charge < -0.3 is 10.1 Å². The highest BCUT2D eigenvalue weighted by Gasteiger charge is 2.18. The Balaban J connectivity index is 1.50. The van der Waals surface area contributed by atoms with E-state index in [0.717, 1.165) is 18.5 Å². The quantitative estimate of drug-likeness (QED) is 0.590. The number of halogens is 1. The predicted octanol–water partition coefficient (Wildman–Crippen LogP) is 4.10. The third-order valence-corrected chi connectivity index (χ3v) is 4.99. The van der Waals surface area contributed by atoms with E-state index >= 15 is 0 Å². The highest BCUT2D eigenvalue weighted by molar-refractivity contribution is 7.09. The summed E-state index contributed by atoms with van der Waals surface area (Å²) in [4.78, 5) is 13.5. The molecule has 0 fully saturated rings. The maximum atomic E-state index is 12.2. The van der Waals surface area contributed by atoms with Crippen molar-refractivity contribution in [1.82, 2.24) is 15.1 Å². The first kappa shape index (κ1) is 18.5. The first-order valence-electron chi connectivity index (χ1n) is 8.41. The van der Waals surface area contributed by atoms with Crippen molar-refractivity contribution in [2.24, 2.45) is 0 Å². The molecule has 1 amide bonds. The molecule has 136 valence electrons. The fourth-order valence-electron chi connectivity index (χ4n) is 2.42. The Morgan fingerprint density at radius 2 is 2.12 bits per heavy atom. The summed E-state index contributed by atoms with van der Waals surface area (Å²) in [7, 11) is 0. The molecule has 3 aromatic rings. The number of nitrogens with zero attached hydrogens (tertiary/aromatic N) is 2. The molecule has 5 nitrogen and oxygen atoms in total. The van der Waals surface area contributed by atoms with Crippen LogP contribution in [0.2, 0.25) is 5.02 Å². The lowest BCUT2D eigenvalue weighted by Crippen LogP contribution is -2.37. The van der Waals surface area contributed by atoms with Crippen LogP contribution in [0.15, 0.2) is 54.0 Å². The van der Waals surface area contributed by atoms with E-state index in [1.807, 2.05) is 36.4 Å². The molecule has 0 bridgehead atoms. The van der Waals surface area contributed by atoms with E-state index in [-0.39, 0.29) is 11.8 Å². The summed E-state index contributed by atoms with van der Waals surface area (Å²) in [6.07, 6.45) is 2.84. The van der Waals surface area contributed by atoms with Crippen molar-refractivity contribution in [2.45, 2.75) is 25.9 Å². The standard InChI is InChI=1S/C19H20ClN3O2S/c1-14(18(24)21-11-5-9-16-10-6-12-26-16)25-19-17(20)13-23(22-19)15-7-3-2-4-8-15/h2-4,6-8,10,12-14H,5,9,11H2,1H3,(H,21,24). The van der Waals surface area contributed by atoms with Crippen molar-refractivity contribution in [3.05, 3.63) is 63.9 Å². The number of hydrogen-bond donors (Lipinski definition) is 1. The molecule has 0 aliphatic carbocycles. The summed E-state index contributed by atoms with van der Waals surface area (Å²) in [5.74, 6) is 0.0678. The second kappa shape index (κ2) is 8.87. The monoisotopic (exact) mass is 389 g/mol. The number of ether oxygens (including phenoxy) is 1. The minimum atomic E-state index is -0.673. The molecular weight excluding hydrogens is 370 g/mol. The summed E-state index contributed by atoms with van der Waals surface area (Å²) in [6, 6.07) is 13.7. The lowest BCUT2D eigenvalue weighted by molar-refractivity contribution is -0.127. The summed E-state index contributed by atoms with van der Waals surface area (Å²) in [5.41, 5.74) is 0.870. The van der Waals surface area contributed by atoms with Crippen molar-refractivity contribution >= 4 is 28.8 Å². The molecule has 1 atom stereocenters. The van der Waals surface area contributed by atoms with Gasteiger partial charge in [0, 0.05) is 11.4 Å². The normalized spacial score (nSPS) is 11.9. The fourth-order valence-corrected chi connectivity index (χ4v) is 3.35. The summed E-state index contributed by atoms with van der Waals surface area (Å²) >= 11 is 7.92. The number of hydrogen-bond acceptors (Lipinski definition) is 4. The zero-order valence-corrected chi connectivity index (χ0v) is 16.0. The molecule has 1 aromatic carbocycles. The van der Waals surface area contributed by atoms with Crippen molar-refractivity contribution in [1.29, 1.82) is 0 Å². The number of carbonyl (C=O) groups excluding carboxylic acids is 1. The number of amides is 1. The molecule has 0 radical (unpaired) electrons. The largest absolute Gasteiger partial charge is 0.462 e. The van der Waals surface area contributed by atoms with Crippen molar-refractivity contribution in [3.8, 4) is 11.6 Å². The molecule has 26 heavy (non-hydrogen) atoms. The van der Waals surface area contributed by atoms with Gasteiger partial charge in [0.1, 0.15) is 5.02 Å². The van der Waals surface area contributed by atoms with E-state index in [1.54, 1.807) is 29.1 Å². The molecule has 2 heterocycles. The van der Waals surface area contributed by atoms with E-state index < -0.39 is 6.10 Å². The maximum absolute atomic E-state index is 12.2. The lowest BCUT2D eigenvalue weighted by atomic mass is 10.2. The Hall–Kier alpha value is -2.31. The molecular formula is C19H20ClN3O2S. The first-order valence-corrected chi connectivity index (χ1v) is 9.66. The van der Waals surface area contributed by atoms with Crippen LogP contribution in [0.4, 0.5) is 0 Å². The Labute approximate surface area is 161 Å². The fraction of sp³-hybridized carbons (Fsp3) is 0.263. The van der Waals surface area contributed by atoms with Gasteiger partial charge in [-0.1, -0.05) is 35.9 Å². The van der Waals surface area contributed by atoms with Gasteiger partial charge in [0.2, 0.25) is 0 Å². The Morgan fingerprint density at radius 1 is 1.31 bits per heavy atom. The van der Waals surface area contributed by atoms with Gasteiger partial charge in [-0.05, 0) is 43.3 Å². The van der Waals surface area contributed by atoms with E-state index in [2.05, 4.69) is 21.9 Å². The van der Waals surface area contributed by atoms with Crippen LogP contribution in [0.3, 0.4) is 0 Å². The summed E-state index contributed by atoms with van der Waals surface area (Å²) in [6.45, 7) is 2.29. The second-order valence-electron chi connectivity index (χ2n) is 5.80. The van der Waals surface area contributed by atoms with Crippen LogP contribution in [-0.2, 0) is 11.2 Å². The predicted molar refractivity (Wildman–Crippen MR) is 104 cm³/mol. The second-order valence-corrected chi connectivity index (χ2v) is 7.24. The van der Waals surface area contributed by atoms with Crippen LogP contribution in [0.5, 0.6) is 5.88 Å². The number of nitrogens with one attached hydrogen (secondary N) is 1. The molecule has 3 rings (SSSR count). The average Bonchev–Trinajstić information content (AvgIpc) is 3.29. The van der Waals surface area contributed by atoms with Crippen molar-refractivity contribution in [2.75, 3.05) is 6.54 Å². The Kier molecular flexibility index (Phi) is 6.30. The molecule has 1 unspecified atom stereocenters. The topological polar surface area (TPSA) is 56.2 Å². The van der Waals surface area contributed by atoms with Gasteiger partial charge in [-0.15, -0.1) is 16.4 Å². The van der Waals surface area contributed by atoms with Crippen LogP contribution in [0.25, 0.3) is 5.69 Å². The molecule has 0 saturated carbocycles. The summed E-state index contributed by atoms with van der Waals surface area (Å²) < 4.78 is 7.27. The summed E-state index contributed by atoms with van der Waals surface area (Å²) in [5, 5.41) is 9.63. The van der Waals surface area contributed by atoms with Gasteiger partial charge in [-0.2, -0.15) is 0 Å². The number of aryl methyl sites for hydroxylation is 1. The number of carbonyl (C=O) groups is 1. The van der Waals surface area contributed by atoms with Gasteiger partial charge in [-0.3, -0.25) is 4.79 Å². The van der Waals surface area contributed by atoms with Crippen molar-refractivity contribution in [3.63, 3.8) is 0 Å². The minimum absolute atomic E-state index is 0.179. The average molecular weight is 390 g/mol. The molecule has 2 aromatic heterocycles. The number of aromatic nitrogens is 2. The number of rotatable bonds is 8. The minimum Gasteiger partial charge on any atom is -0.462 e. The Morgan fingerprint density at radius 3 is 2.85 bits per heavy atom. The smallest absolute Gasteiger partial charge is 0.260 e. The van der Waals surface area contributed by atoms with Gasteiger partial charge in [0.05, 0.1) is 11.9 Å². The van der Waals surface area contributed by atoms with Gasteiger partial charge in [0.15, 0.2) is 6.10 Å². The maximum Gasteiger partial charge on any atom is 0.260 e. The number of para-hydroxylation sites is 1. The highest BCUT2D eigenvalue weighted by Crippen LogP contribution is 2.25. The van der Waals surface area contributed by atoms with Gasteiger partial charge in [0.25, 0.3) is 11.8 Å². The molecule has 0 saturated heterocycles. The SMILES string of the molecule is CC(Oc1nn(-c2ccccc2)cc1Cl)C(=O)NCCCc1cccs1. The van der Waals surface area contributed by atoms with Gasteiger partial charge >= 0.3 is 0 Å².